The van der Waals surface area contributed by atoms with Crippen molar-refractivity contribution in [3.05, 3.63) is 65.7 Å². The number of halogens is 1. The molecule has 2 N–H and O–H groups in total. The van der Waals surface area contributed by atoms with Crippen LogP contribution in [0.3, 0.4) is 0 Å². The Labute approximate surface area is 160 Å². The van der Waals surface area contributed by atoms with Gasteiger partial charge in [-0.05, 0) is 29.8 Å². The van der Waals surface area contributed by atoms with E-state index >= 15 is 0 Å². The van der Waals surface area contributed by atoms with Crippen molar-refractivity contribution in [3.8, 4) is 0 Å². The Kier molecular flexibility index (Phi) is 6.63. The fraction of sp³-hybridized carbons (Fsp3) is 0.278. The molecule has 140 valence electrons. The highest BCUT2D eigenvalue weighted by Gasteiger charge is 2.29. The number of nitrogens with two attached hydrogens (primary N) is 1. The predicted molar refractivity (Wildman–Crippen MR) is 105 cm³/mol. The molecule has 2 aromatic carbocycles. The van der Waals surface area contributed by atoms with Gasteiger partial charge >= 0.3 is 0 Å². The summed E-state index contributed by atoms with van der Waals surface area (Å²) >= 11 is 0. The molecule has 0 atom stereocenters. The van der Waals surface area contributed by atoms with Crippen LogP contribution in [-0.4, -0.2) is 49.7 Å². The molecule has 1 aliphatic heterocycles. The van der Waals surface area contributed by atoms with Crippen LogP contribution >= 0.6 is 12.4 Å². The SMILES string of the molecule is Cl.Nc1ccc(C(=O)N2CCN(S(=O)(=O)Cc3ccccc3)CC2)cc1. The van der Waals surface area contributed by atoms with E-state index in [9.17, 15) is 13.2 Å². The number of sulfonamides is 1. The van der Waals surface area contributed by atoms with E-state index < -0.39 is 10.0 Å². The third-order valence-electron chi connectivity index (χ3n) is 4.27. The van der Waals surface area contributed by atoms with Crippen LogP contribution < -0.4 is 5.73 Å². The number of carbonyl (C=O) groups is 1. The summed E-state index contributed by atoms with van der Waals surface area (Å²) in [4.78, 5) is 14.2. The summed E-state index contributed by atoms with van der Waals surface area (Å²) in [5.41, 5.74) is 7.57. The fourth-order valence-electron chi connectivity index (χ4n) is 2.85. The van der Waals surface area contributed by atoms with Gasteiger partial charge in [0.1, 0.15) is 0 Å². The Balaban J connectivity index is 0.00000243. The third kappa shape index (κ3) is 4.75. The second-order valence-corrected chi connectivity index (χ2v) is 8.02. The summed E-state index contributed by atoms with van der Waals surface area (Å²) in [5, 5.41) is 0. The first-order valence-electron chi connectivity index (χ1n) is 8.12. The van der Waals surface area contributed by atoms with Crippen molar-refractivity contribution in [1.82, 2.24) is 9.21 Å². The van der Waals surface area contributed by atoms with Crippen molar-refractivity contribution in [2.45, 2.75) is 5.75 Å². The standard InChI is InChI=1S/C18H21N3O3S.ClH/c19-17-8-6-16(7-9-17)18(22)20-10-12-21(13-11-20)25(23,24)14-15-4-2-1-3-5-15;/h1-9H,10-14,19H2;1H. The third-order valence-corrected chi connectivity index (χ3v) is 6.12. The molecule has 0 aromatic heterocycles. The summed E-state index contributed by atoms with van der Waals surface area (Å²) in [6.45, 7) is 1.40. The Hall–Kier alpha value is -2.09. The number of amides is 1. The van der Waals surface area contributed by atoms with E-state index in [1.54, 1.807) is 41.3 Å². The van der Waals surface area contributed by atoms with Crippen LogP contribution in [-0.2, 0) is 15.8 Å². The molecule has 0 unspecified atom stereocenters. The van der Waals surface area contributed by atoms with E-state index in [2.05, 4.69) is 0 Å². The average Bonchev–Trinajstić information content (AvgIpc) is 2.62. The first kappa shape index (κ1) is 20.2. The Morgan fingerprint density at radius 3 is 2.08 bits per heavy atom. The van der Waals surface area contributed by atoms with Gasteiger partial charge < -0.3 is 10.6 Å². The number of nitrogens with zero attached hydrogens (tertiary/aromatic N) is 2. The van der Waals surface area contributed by atoms with Gasteiger partial charge in [0.05, 0.1) is 5.75 Å². The molecule has 0 bridgehead atoms. The number of anilines is 1. The van der Waals surface area contributed by atoms with Crippen molar-refractivity contribution in [2.24, 2.45) is 0 Å². The molecule has 1 aliphatic rings. The van der Waals surface area contributed by atoms with Crippen LogP contribution in [0.4, 0.5) is 5.69 Å². The summed E-state index contributed by atoms with van der Waals surface area (Å²) in [6, 6.07) is 15.9. The number of hydrogen-bond acceptors (Lipinski definition) is 4. The minimum atomic E-state index is -3.38. The first-order valence-corrected chi connectivity index (χ1v) is 9.73. The van der Waals surface area contributed by atoms with Gasteiger partial charge in [0.2, 0.25) is 10.0 Å². The van der Waals surface area contributed by atoms with Gasteiger partial charge in [-0.15, -0.1) is 12.4 Å². The van der Waals surface area contributed by atoms with Gasteiger partial charge in [-0.25, -0.2) is 8.42 Å². The molecule has 26 heavy (non-hydrogen) atoms. The number of benzene rings is 2. The number of rotatable bonds is 4. The van der Waals surface area contributed by atoms with E-state index in [0.717, 1.165) is 5.56 Å². The van der Waals surface area contributed by atoms with E-state index in [0.29, 0.717) is 37.4 Å². The molecule has 0 saturated carbocycles. The Morgan fingerprint density at radius 2 is 1.50 bits per heavy atom. The number of carbonyl (C=O) groups excluding carboxylic acids is 1. The zero-order chi connectivity index (χ0) is 17.9. The monoisotopic (exact) mass is 395 g/mol. The largest absolute Gasteiger partial charge is 0.399 e. The molecule has 1 amide bonds. The smallest absolute Gasteiger partial charge is 0.253 e. The van der Waals surface area contributed by atoms with E-state index in [-0.39, 0.29) is 24.1 Å². The van der Waals surface area contributed by atoms with Crippen LogP contribution in [0.15, 0.2) is 54.6 Å². The molecule has 3 rings (SSSR count). The average molecular weight is 396 g/mol. The molecule has 2 aromatic rings. The maximum absolute atomic E-state index is 12.5. The van der Waals surface area contributed by atoms with Crippen LogP contribution in [0.25, 0.3) is 0 Å². The predicted octanol–water partition coefficient (Wildman–Crippen LogP) is 1.98. The highest BCUT2D eigenvalue weighted by Crippen LogP contribution is 2.16. The van der Waals surface area contributed by atoms with E-state index in [1.807, 2.05) is 18.2 Å². The normalized spacial score (nSPS) is 15.3. The quantitative estimate of drug-likeness (QED) is 0.802. The molecular formula is C18H22ClN3O3S. The van der Waals surface area contributed by atoms with Crippen molar-refractivity contribution in [3.63, 3.8) is 0 Å². The van der Waals surface area contributed by atoms with Crippen LogP contribution in [0.1, 0.15) is 15.9 Å². The highest BCUT2D eigenvalue weighted by atomic mass is 35.5. The van der Waals surface area contributed by atoms with E-state index in [1.165, 1.54) is 4.31 Å². The van der Waals surface area contributed by atoms with Crippen molar-refractivity contribution in [2.75, 3.05) is 31.9 Å². The molecule has 1 heterocycles. The van der Waals surface area contributed by atoms with Crippen molar-refractivity contribution < 1.29 is 13.2 Å². The lowest BCUT2D eigenvalue weighted by Crippen LogP contribution is -2.50. The van der Waals surface area contributed by atoms with Gasteiger partial charge in [-0.2, -0.15) is 4.31 Å². The number of piperazine rings is 1. The zero-order valence-electron chi connectivity index (χ0n) is 14.2. The molecular weight excluding hydrogens is 374 g/mol. The topological polar surface area (TPSA) is 83.7 Å². The molecule has 1 saturated heterocycles. The minimum absolute atomic E-state index is 0. The fourth-order valence-corrected chi connectivity index (χ4v) is 4.37. The van der Waals surface area contributed by atoms with Gasteiger partial charge in [0.25, 0.3) is 5.91 Å². The molecule has 6 nitrogen and oxygen atoms in total. The summed E-state index contributed by atoms with van der Waals surface area (Å²) in [7, 11) is -3.38. The lowest BCUT2D eigenvalue weighted by molar-refractivity contribution is 0.0698. The highest BCUT2D eigenvalue weighted by molar-refractivity contribution is 7.88. The molecule has 8 heteroatoms. The lowest BCUT2D eigenvalue weighted by atomic mass is 10.1. The van der Waals surface area contributed by atoms with Crippen LogP contribution in [0, 0.1) is 0 Å². The first-order chi connectivity index (χ1) is 12.0. The number of nitrogen functional groups attached to an aromatic ring is 1. The zero-order valence-corrected chi connectivity index (χ0v) is 15.9. The number of hydrogen-bond donors (Lipinski definition) is 1. The molecule has 0 spiro atoms. The van der Waals surface area contributed by atoms with E-state index in [4.69, 9.17) is 5.73 Å². The maximum atomic E-state index is 12.5. The summed E-state index contributed by atoms with van der Waals surface area (Å²) in [6.07, 6.45) is 0. The maximum Gasteiger partial charge on any atom is 0.253 e. The van der Waals surface area contributed by atoms with Crippen molar-refractivity contribution >= 4 is 34.0 Å². The van der Waals surface area contributed by atoms with Gasteiger partial charge in [-0.1, -0.05) is 30.3 Å². The lowest BCUT2D eigenvalue weighted by Gasteiger charge is -2.34. The van der Waals surface area contributed by atoms with Crippen LogP contribution in [0.2, 0.25) is 0 Å². The molecule has 0 aliphatic carbocycles. The second kappa shape index (κ2) is 8.53. The summed E-state index contributed by atoms with van der Waals surface area (Å²) in [5.74, 6) is -0.111. The minimum Gasteiger partial charge on any atom is -0.399 e. The summed E-state index contributed by atoms with van der Waals surface area (Å²) < 4.78 is 26.6. The van der Waals surface area contributed by atoms with Gasteiger partial charge in [0.15, 0.2) is 0 Å². The second-order valence-electron chi connectivity index (χ2n) is 6.06. The Bertz CT molecular complexity index is 834. The Morgan fingerprint density at radius 1 is 0.923 bits per heavy atom. The van der Waals surface area contributed by atoms with Gasteiger partial charge in [0, 0.05) is 37.4 Å². The van der Waals surface area contributed by atoms with Crippen LogP contribution in [0.5, 0.6) is 0 Å². The molecule has 1 fully saturated rings. The molecule has 0 radical (unpaired) electrons. The van der Waals surface area contributed by atoms with Crippen molar-refractivity contribution in [1.29, 1.82) is 0 Å². The van der Waals surface area contributed by atoms with Gasteiger partial charge in [-0.3, -0.25) is 4.79 Å².